The summed E-state index contributed by atoms with van der Waals surface area (Å²) in [6.07, 6.45) is 0. The Morgan fingerprint density at radius 2 is 1.04 bits per heavy atom. The molecule has 6 heteroatoms. The van der Waals surface area contributed by atoms with Crippen LogP contribution in [0.2, 0.25) is 0 Å². The maximum Gasteiger partial charge on any atom is 0.249 e. The van der Waals surface area contributed by atoms with Crippen molar-refractivity contribution in [3.8, 4) is 22.3 Å². The van der Waals surface area contributed by atoms with E-state index in [4.69, 9.17) is 22.9 Å². The first kappa shape index (κ1) is 17.0. The van der Waals surface area contributed by atoms with E-state index >= 15 is 0 Å². The number of hydrogen-bond donors (Lipinski definition) is 4. The SMILES string of the molecule is NC(=O)c1cc(C(N)=O)c(-c2cccc(N)c2)cc1-c1cccc(N)c1. The number of nitrogens with two attached hydrogens (primary N) is 4. The van der Waals surface area contributed by atoms with Gasteiger partial charge in [-0.25, -0.2) is 0 Å². The van der Waals surface area contributed by atoms with Crippen LogP contribution in [0.4, 0.5) is 11.4 Å². The maximum atomic E-state index is 12.0. The summed E-state index contributed by atoms with van der Waals surface area (Å²) in [6, 6.07) is 17.2. The van der Waals surface area contributed by atoms with Crippen LogP contribution in [0.3, 0.4) is 0 Å². The molecule has 3 aromatic carbocycles. The van der Waals surface area contributed by atoms with E-state index in [2.05, 4.69) is 0 Å². The van der Waals surface area contributed by atoms with Gasteiger partial charge in [0, 0.05) is 22.5 Å². The average Bonchev–Trinajstić information content (AvgIpc) is 2.60. The zero-order valence-electron chi connectivity index (χ0n) is 13.9. The van der Waals surface area contributed by atoms with Gasteiger partial charge in [0.1, 0.15) is 0 Å². The molecule has 0 unspecified atom stereocenters. The van der Waals surface area contributed by atoms with Gasteiger partial charge in [-0.15, -0.1) is 0 Å². The molecule has 0 radical (unpaired) electrons. The molecule has 0 aromatic heterocycles. The molecule has 0 saturated carbocycles. The summed E-state index contributed by atoms with van der Waals surface area (Å²) in [7, 11) is 0. The Bertz CT molecular complexity index is 949. The van der Waals surface area contributed by atoms with Crippen molar-refractivity contribution in [3.05, 3.63) is 71.8 Å². The second-order valence-corrected chi connectivity index (χ2v) is 5.92. The zero-order chi connectivity index (χ0) is 18.8. The molecular weight excluding hydrogens is 328 g/mol. The number of nitrogen functional groups attached to an aromatic ring is 2. The van der Waals surface area contributed by atoms with Crippen molar-refractivity contribution in [2.45, 2.75) is 0 Å². The van der Waals surface area contributed by atoms with Crippen molar-refractivity contribution in [1.29, 1.82) is 0 Å². The lowest BCUT2D eigenvalue weighted by molar-refractivity contribution is 0.0999. The van der Waals surface area contributed by atoms with Crippen molar-refractivity contribution in [2.75, 3.05) is 11.5 Å². The Morgan fingerprint density at radius 3 is 1.38 bits per heavy atom. The predicted octanol–water partition coefficient (Wildman–Crippen LogP) is 2.38. The molecule has 0 aliphatic heterocycles. The van der Waals surface area contributed by atoms with Crippen molar-refractivity contribution in [3.63, 3.8) is 0 Å². The minimum absolute atomic E-state index is 0.192. The van der Waals surface area contributed by atoms with E-state index in [1.165, 1.54) is 6.07 Å². The quantitative estimate of drug-likeness (QED) is 0.539. The van der Waals surface area contributed by atoms with Gasteiger partial charge in [-0.05, 0) is 58.7 Å². The Hall–Kier alpha value is -3.80. The van der Waals surface area contributed by atoms with Gasteiger partial charge in [0.25, 0.3) is 0 Å². The molecular formula is C20H18N4O2. The topological polar surface area (TPSA) is 138 Å². The summed E-state index contributed by atoms with van der Waals surface area (Å²) in [5, 5.41) is 0. The first-order valence-electron chi connectivity index (χ1n) is 7.86. The van der Waals surface area contributed by atoms with E-state index < -0.39 is 11.8 Å². The molecule has 3 rings (SSSR count). The fraction of sp³-hybridized carbons (Fsp3) is 0. The lowest BCUT2D eigenvalue weighted by Gasteiger charge is -2.15. The molecule has 0 aliphatic rings. The Balaban J connectivity index is 2.35. The highest BCUT2D eigenvalue weighted by atomic mass is 16.1. The maximum absolute atomic E-state index is 12.0. The Labute approximate surface area is 150 Å². The predicted molar refractivity (Wildman–Crippen MR) is 103 cm³/mol. The summed E-state index contributed by atoms with van der Waals surface area (Å²) in [4.78, 5) is 24.0. The van der Waals surface area contributed by atoms with Crippen LogP contribution in [0.25, 0.3) is 22.3 Å². The van der Waals surface area contributed by atoms with E-state index in [-0.39, 0.29) is 11.1 Å². The van der Waals surface area contributed by atoms with Crippen molar-refractivity contribution in [1.82, 2.24) is 0 Å². The normalized spacial score (nSPS) is 10.5. The molecule has 0 fully saturated rings. The summed E-state index contributed by atoms with van der Waals surface area (Å²) in [5.74, 6) is -1.33. The minimum atomic E-state index is -0.663. The lowest BCUT2D eigenvalue weighted by Crippen LogP contribution is -2.17. The summed E-state index contributed by atoms with van der Waals surface area (Å²) < 4.78 is 0. The molecule has 130 valence electrons. The molecule has 26 heavy (non-hydrogen) atoms. The average molecular weight is 346 g/mol. The van der Waals surface area contributed by atoms with Gasteiger partial charge >= 0.3 is 0 Å². The minimum Gasteiger partial charge on any atom is -0.399 e. The molecule has 0 aliphatic carbocycles. The van der Waals surface area contributed by atoms with Gasteiger partial charge in [-0.3, -0.25) is 9.59 Å². The number of carbonyl (C=O) groups excluding carboxylic acids is 2. The third-order valence-corrected chi connectivity index (χ3v) is 4.08. The fourth-order valence-corrected chi connectivity index (χ4v) is 2.90. The third kappa shape index (κ3) is 3.21. The van der Waals surface area contributed by atoms with Crippen LogP contribution in [0.5, 0.6) is 0 Å². The molecule has 2 amide bonds. The second-order valence-electron chi connectivity index (χ2n) is 5.92. The van der Waals surface area contributed by atoms with Crippen molar-refractivity contribution >= 4 is 23.2 Å². The van der Waals surface area contributed by atoms with Crippen LogP contribution < -0.4 is 22.9 Å². The highest BCUT2D eigenvalue weighted by Crippen LogP contribution is 2.34. The van der Waals surface area contributed by atoms with Crippen molar-refractivity contribution < 1.29 is 9.59 Å². The van der Waals surface area contributed by atoms with E-state index in [9.17, 15) is 9.59 Å². The van der Waals surface area contributed by atoms with Crippen LogP contribution >= 0.6 is 0 Å². The second kappa shape index (κ2) is 6.60. The van der Waals surface area contributed by atoms with Crippen LogP contribution in [0.1, 0.15) is 20.7 Å². The highest BCUT2D eigenvalue weighted by Gasteiger charge is 2.19. The Kier molecular flexibility index (Phi) is 4.33. The highest BCUT2D eigenvalue weighted by molar-refractivity contribution is 6.07. The number of anilines is 2. The van der Waals surface area contributed by atoms with E-state index in [0.29, 0.717) is 33.6 Å². The van der Waals surface area contributed by atoms with Gasteiger partial charge in [0.05, 0.1) is 0 Å². The standard InChI is InChI=1S/C20H18N4O2/c21-13-5-1-3-11(7-13)15-9-16(12-4-2-6-14(22)8-12)18(20(24)26)10-17(15)19(23)25/h1-10H,21-22H2,(H2,23,25)(H2,24,26). The number of benzene rings is 3. The zero-order valence-corrected chi connectivity index (χ0v) is 13.9. The number of rotatable bonds is 4. The summed E-state index contributed by atoms with van der Waals surface area (Å²) in [5.41, 5.74) is 26.8. The number of carbonyl (C=O) groups is 2. The van der Waals surface area contributed by atoms with Gasteiger partial charge in [0.15, 0.2) is 0 Å². The monoisotopic (exact) mass is 346 g/mol. The summed E-state index contributed by atoms with van der Waals surface area (Å²) in [6.45, 7) is 0. The molecule has 0 atom stereocenters. The van der Waals surface area contributed by atoms with Crippen LogP contribution in [0, 0.1) is 0 Å². The fourth-order valence-electron chi connectivity index (χ4n) is 2.90. The molecule has 3 aromatic rings. The van der Waals surface area contributed by atoms with E-state index in [0.717, 1.165) is 0 Å². The van der Waals surface area contributed by atoms with Crippen LogP contribution in [-0.2, 0) is 0 Å². The molecule has 8 N–H and O–H groups in total. The van der Waals surface area contributed by atoms with E-state index in [1.54, 1.807) is 42.5 Å². The first-order valence-corrected chi connectivity index (χ1v) is 7.86. The molecule has 0 spiro atoms. The molecule has 6 nitrogen and oxygen atoms in total. The van der Waals surface area contributed by atoms with Gasteiger partial charge in [0.2, 0.25) is 11.8 Å². The molecule has 0 saturated heterocycles. The van der Waals surface area contributed by atoms with E-state index in [1.807, 2.05) is 12.1 Å². The van der Waals surface area contributed by atoms with Gasteiger partial charge < -0.3 is 22.9 Å². The van der Waals surface area contributed by atoms with Crippen LogP contribution in [0.15, 0.2) is 60.7 Å². The number of amides is 2. The molecule has 0 bridgehead atoms. The van der Waals surface area contributed by atoms with Crippen LogP contribution in [-0.4, -0.2) is 11.8 Å². The smallest absolute Gasteiger partial charge is 0.249 e. The lowest BCUT2D eigenvalue weighted by atomic mass is 9.90. The first-order chi connectivity index (χ1) is 12.4. The third-order valence-electron chi connectivity index (χ3n) is 4.08. The number of hydrogen-bond acceptors (Lipinski definition) is 4. The number of primary amides is 2. The largest absolute Gasteiger partial charge is 0.399 e. The summed E-state index contributed by atoms with van der Waals surface area (Å²) >= 11 is 0. The van der Waals surface area contributed by atoms with Crippen molar-refractivity contribution in [2.24, 2.45) is 11.5 Å². The molecule has 0 heterocycles. The van der Waals surface area contributed by atoms with Gasteiger partial charge in [-0.1, -0.05) is 24.3 Å². The van der Waals surface area contributed by atoms with Gasteiger partial charge in [-0.2, -0.15) is 0 Å². The Morgan fingerprint density at radius 1 is 0.615 bits per heavy atom.